The van der Waals surface area contributed by atoms with Crippen molar-refractivity contribution >= 4 is 17.3 Å². The van der Waals surface area contributed by atoms with Crippen molar-refractivity contribution < 1.29 is 4.52 Å². The van der Waals surface area contributed by atoms with E-state index in [4.69, 9.17) is 21.9 Å². The quantitative estimate of drug-likeness (QED) is 0.839. The summed E-state index contributed by atoms with van der Waals surface area (Å²) in [6.45, 7) is 2.30. The molecule has 0 atom stereocenters. The van der Waals surface area contributed by atoms with Crippen LogP contribution in [0.2, 0.25) is 5.02 Å². The zero-order chi connectivity index (χ0) is 14.1. The van der Waals surface area contributed by atoms with Gasteiger partial charge in [-0.25, -0.2) is 0 Å². The minimum Gasteiger partial charge on any atom is -0.399 e. The van der Waals surface area contributed by atoms with Crippen molar-refractivity contribution in [3.8, 4) is 11.5 Å². The van der Waals surface area contributed by atoms with Crippen LogP contribution in [0.5, 0.6) is 0 Å². The Morgan fingerprint density at radius 1 is 1.25 bits per heavy atom. The molecule has 0 aliphatic heterocycles. The Hall–Kier alpha value is -1.55. The number of nitrogens with zero attached hydrogens (tertiary/aromatic N) is 2. The van der Waals surface area contributed by atoms with Crippen LogP contribution >= 0.6 is 11.6 Å². The SMILES string of the molecule is CC1CCC(c2noc(-c3cc(N)ccc3Cl)n2)CC1. The highest BCUT2D eigenvalue weighted by Crippen LogP contribution is 2.36. The van der Waals surface area contributed by atoms with Crippen LogP contribution < -0.4 is 5.73 Å². The number of hydrogen-bond acceptors (Lipinski definition) is 4. The Balaban J connectivity index is 1.85. The average molecular weight is 292 g/mol. The Bertz CT molecular complexity index is 603. The number of halogens is 1. The monoisotopic (exact) mass is 291 g/mol. The summed E-state index contributed by atoms with van der Waals surface area (Å²) >= 11 is 6.16. The van der Waals surface area contributed by atoms with Gasteiger partial charge in [0.25, 0.3) is 5.89 Å². The van der Waals surface area contributed by atoms with Crippen LogP contribution in [0.15, 0.2) is 22.7 Å². The molecule has 0 spiro atoms. The van der Waals surface area contributed by atoms with Crippen molar-refractivity contribution in [3.63, 3.8) is 0 Å². The maximum absolute atomic E-state index is 6.16. The van der Waals surface area contributed by atoms with Gasteiger partial charge in [0.05, 0.1) is 10.6 Å². The fourth-order valence-electron chi connectivity index (χ4n) is 2.74. The highest BCUT2D eigenvalue weighted by Gasteiger charge is 2.24. The predicted molar refractivity (Wildman–Crippen MR) is 79.5 cm³/mol. The lowest BCUT2D eigenvalue weighted by Crippen LogP contribution is -2.11. The van der Waals surface area contributed by atoms with Gasteiger partial charge in [-0.2, -0.15) is 4.98 Å². The molecule has 0 amide bonds. The van der Waals surface area contributed by atoms with Crippen molar-refractivity contribution in [2.75, 3.05) is 5.73 Å². The fraction of sp³-hybridized carbons (Fsp3) is 0.467. The lowest BCUT2D eigenvalue weighted by Gasteiger charge is -2.23. The number of nitrogen functional groups attached to an aromatic ring is 1. The van der Waals surface area contributed by atoms with Crippen molar-refractivity contribution in [2.24, 2.45) is 5.92 Å². The average Bonchev–Trinajstić information content (AvgIpc) is 2.92. The molecule has 0 unspecified atom stereocenters. The number of nitrogens with two attached hydrogens (primary N) is 1. The third-order valence-electron chi connectivity index (χ3n) is 4.04. The summed E-state index contributed by atoms with van der Waals surface area (Å²) < 4.78 is 5.37. The van der Waals surface area contributed by atoms with E-state index in [1.54, 1.807) is 18.2 Å². The molecule has 2 aromatic rings. The lowest BCUT2D eigenvalue weighted by atomic mass is 9.83. The van der Waals surface area contributed by atoms with Crippen LogP contribution in [0.1, 0.15) is 44.3 Å². The van der Waals surface area contributed by atoms with Gasteiger partial charge in [0.15, 0.2) is 5.82 Å². The Kier molecular flexibility index (Phi) is 3.66. The largest absolute Gasteiger partial charge is 0.399 e. The second kappa shape index (κ2) is 5.44. The van der Waals surface area contributed by atoms with Gasteiger partial charge in [-0.05, 0) is 37.0 Å². The van der Waals surface area contributed by atoms with Gasteiger partial charge in [0, 0.05) is 11.6 Å². The van der Waals surface area contributed by atoms with Crippen molar-refractivity contribution in [3.05, 3.63) is 29.0 Å². The van der Waals surface area contributed by atoms with Gasteiger partial charge >= 0.3 is 0 Å². The standard InChI is InChI=1S/C15H18ClN3O/c1-9-2-4-10(5-3-9)14-18-15(20-19-14)12-8-11(17)6-7-13(12)16/h6-10H,2-5,17H2,1H3. The maximum atomic E-state index is 6.16. The number of anilines is 1. The number of benzene rings is 1. The van der Waals surface area contributed by atoms with E-state index in [0.29, 0.717) is 28.1 Å². The maximum Gasteiger partial charge on any atom is 0.259 e. The molecule has 1 aliphatic rings. The molecule has 5 heteroatoms. The summed E-state index contributed by atoms with van der Waals surface area (Å²) in [6.07, 6.45) is 4.72. The molecule has 1 aromatic carbocycles. The van der Waals surface area contributed by atoms with E-state index in [1.165, 1.54) is 12.8 Å². The van der Waals surface area contributed by atoms with E-state index in [0.717, 1.165) is 24.6 Å². The van der Waals surface area contributed by atoms with Gasteiger partial charge in [-0.1, -0.05) is 36.5 Å². The molecular formula is C15H18ClN3O. The third kappa shape index (κ3) is 2.66. The molecule has 0 radical (unpaired) electrons. The van der Waals surface area contributed by atoms with Crippen molar-refractivity contribution in [1.29, 1.82) is 0 Å². The van der Waals surface area contributed by atoms with Gasteiger partial charge in [0.1, 0.15) is 0 Å². The fourth-order valence-corrected chi connectivity index (χ4v) is 2.93. The van der Waals surface area contributed by atoms with E-state index < -0.39 is 0 Å². The van der Waals surface area contributed by atoms with E-state index in [9.17, 15) is 0 Å². The van der Waals surface area contributed by atoms with Crippen LogP contribution in [0, 0.1) is 5.92 Å². The summed E-state index contributed by atoms with van der Waals surface area (Å²) in [6, 6.07) is 5.27. The first-order chi connectivity index (χ1) is 9.63. The molecule has 1 aliphatic carbocycles. The molecule has 106 valence electrons. The first-order valence-corrected chi connectivity index (χ1v) is 7.40. The third-order valence-corrected chi connectivity index (χ3v) is 4.37. The molecule has 1 aromatic heterocycles. The van der Waals surface area contributed by atoms with Crippen LogP contribution in [0.3, 0.4) is 0 Å². The zero-order valence-electron chi connectivity index (χ0n) is 11.5. The summed E-state index contributed by atoms with van der Waals surface area (Å²) in [5, 5.41) is 4.70. The molecule has 1 fully saturated rings. The van der Waals surface area contributed by atoms with Crippen molar-refractivity contribution in [2.45, 2.75) is 38.5 Å². The first-order valence-electron chi connectivity index (χ1n) is 7.02. The Morgan fingerprint density at radius 2 is 2.00 bits per heavy atom. The van der Waals surface area contributed by atoms with Crippen molar-refractivity contribution in [1.82, 2.24) is 10.1 Å². The summed E-state index contributed by atoms with van der Waals surface area (Å²) in [7, 11) is 0. The van der Waals surface area contributed by atoms with E-state index in [1.807, 2.05) is 0 Å². The molecule has 20 heavy (non-hydrogen) atoms. The molecular weight excluding hydrogens is 274 g/mol. The lowest BCUT2D eigenvalue weighted by molar-refractivity contribution is 0.329. The smallest absolute Gasteiger partial charge is 0.259 e. The van der Waals surface area contributed by atoms with Gasteiger partial charge in [-0.3, -0.25) is 0 Å². The second-order valence-corrected chi connectivity index (χ2v) is 6.06. The highest BCUT2D eigenvalue weighted by molar-refractivity contribution is 6.33. The molecule has 4 nitrogen and oxygen atoms in total. The van der Waals surface area contributed by atoms with E-state index >= 15 is 0 Å². The Labute approximate surface area is 123 Å². The minimum atomic E-state index is 0.406. The van der Waals surface area contributed by atoms with Crippen LogP contribution in [0.25, 0.3) is 11.5 Å². The van der Waals surface area contributed by atoms with Gasteiger partial charge < -0.3 is 10.3 Å². The van der Waals surface area contributed by atoms with E-state index in [-0.39, 0.29) is 0 Å². The number of aromatic nitrogens is 2. The minimum absolute atomic E-state index is 0.406. The molecule has 2 N–H and O–H groups in total. The Morgan fingerprint density at radius 3 is 2.75 bits per heavy atom. The molecule has 1 saturated carbocycles. The first kappa shape index (κ1) is 13.4. The van der Waals surface area contributed by atoms with Crippen LogP contribution in [-0.2, 0) is 0 Å². The molecule has 3 rings (SSSR count). The molecule has 0 bridgehead atoms. The second-order valence-electron chi connectivity index (χ2n) is 5.65. The number of hydrogen-bond donors (Lipinski definition) is 1. The topological polar surface area (TPSA) is 64.9 Å². The molecule has 1 heterocycles. The normalized spacial score (nSPS) is 22.9. The summed E-state index contributed by atoms with van der Waals surface area (Å²) in [5.74, 6) is 2.46. The van der Waals surface area contributed by atoms with E-state index in [2.05, 4.69) is 17.1 Å². The summed E-state index contributed by atoms with van der Waals surface area (Å²) in [5.41, 5.74) is 7.12. The zero-order valence-corrected chi connectivity index (χ0v) is 12.2. The highest BCUT2D eigenvalue weighted by atomic mass is 35.5. The number of rotatable bonds is 2. The predicted octanol–water partition coefficient (Wildman–Crippen LogP) is 4.27. The summed E-state index contributed by atoms with van der Waals surface area (Å²) in [4.78, 5) is 4.51. The van der Waals surface area contributed by atoms with Gasteiger partial charge in [0.2, 0.25) is 0 Å². The van der Waals surface area contributed by atoms with Crippen LogP contribution in [0.4, 0.5) is 5.69 Å². The van der Waals surface area contributed by atoms with Gasteiger partial charge in [-0.15, -0.1) is 0 Å². The molecule has 0 saturated heterocycles. The van der Waals surface area contributed by atoms with Crippen LogP contribution in [-0.4, -0.2) is 10.1 Å².